The van der Waals surface area contributed by atoms with Crippen molar-refractivity contribution in [2.75, 3.05) is 4.90 Å². The molecule has 1 aliphatic heterocycles. The monoisotopic (exact) mass is 539 g/mol. The molecule has 0 radical (unpaired) electrons. The number of benzene rings is 3. The summed E-state index contributed by atoms with van der Waals surface area (Å²) in [6.07, 6.45) is -7.55. The molecule has 0 bridgehead atoms. The van der Waals surface area contributed by atoms with E-state index < -0.39 is 35.8 Å². The Bertz CT molecular complexity index is 1300. The van der Waals surface area contributed by atoms with Crippen LogP contribution in [0.2, 0.25) is 5.02 Å². The minimum Gasteiger partial charge on any atom is -0.406 e. The number of anilines is 1. The molecule has 10 heteroatoms. The minimum atomic E-state index is -4.91. The number of hydrogen-bond acceptors (Lipinski definition) is 2. The Morgan fingerprint density at radius 2 is 1.59 bits per heavy atom. The summed E-state index contributed by atoms with van der Waals surface area (Å²) in [6.45, 7) is 1.91. The third-order valence-electron chi connectivity index (χ3n) is 6.00. The van der Waals surface area contributed by atoms with Crippen LogP contribution in [0.1, 0.15) is 42.0 Å². The molecular weight excluding hydrogens is 520 g/mol. The van der Waals surface area contributed by atoms with Gasteiger partial charge in [0.2, 0.25) is 0 Å². The van der Waals surface area contributed by atoms with Gasteiger partial charge in [-0.1, -0.05) is 42.8 Å². The van der Waals surface area contributed by atoms with Gasteiger partial charge in [0.05, 0.1) is 11.6 Å². The topological polar surface area (TPSA) is 29.5 Å². The maximum atomic E-state index is 13.5. The molecule has 1 amide bonds. The van der Waals surface area contributed by atoms with Crippen molar-refractivity contribution in [3.05, 3.63) is 106 Å². The van der Waals surface area contributed by atoms with E-state index in [9.17, 15) is 31.1 Å². The molecular formula is C27H20ClF6NO2. The van der Waals surface area contributed by atoms with E-state index in [1.54, 1.807) is 18.2 Å². The lowest BCUT2D eigenvalue weighted by Gasteiger charge is -2.26. The van der Waals surface area contributed by atoms with E-state index >= 15 is 0 Å². The first-order valence-corrected chi connectivity index (χ1v) is 11.5. The molecule has 0 N–H and O–H groups in total. The standard InChI is InChI=1S/C27H20ClF6NO2/c1-16(17-5-9-21(28)10-6-17)13-19-15-24(18-3-2-4-23(14-18)37-27(32,33)34)35(25(19)36)22-11-7-20(8-12-22)26(29,30)31/h2-12,14-16,24H,13H2,1H3/t16-,24+/m0/s1. The van der Waals surface area contributed by atoms with Gasteiger partial charge < -0.3 is 4.74 Å². The average molecular weight is 540 g/mol. The van der Waals surface area contributed by atoms with Crippen molar-refractivity contribution in [3.63, 3.8) is 0 Å². The van der Waals surface area contributed by atoms with Gasteiger partial charge in [0.1, 0.15) is 5.75 Å². The second kappa shape index (κ2) is 10.1. The summed E-state index contributed by atoms with van der Waals surface area (Å²) >= 11 is 5.95. The lowest BCUT2D eigenvalue weighted by molar-refractivity contribution is -0.274. The number of halogens is 7. The van der Waals surface area contributed by atoms with Gasteiger partial charge in [-0.25, -0.2) is 0 Å². The molecule has 3 nitrogen and oxygen atoms in total. The van der Waals surface area contributed by atoms with Gasteiger partial charge in [0.25, 0.3) is 5.91 Å². The average Bonchev–Trinajstić information content (AvgIpc) is 3.14. The van der Waals surface area contributed by atoms with Crippen molar-refractivity contribution in [2.24, 2.45) is 0 Å². The predicted molar refractivity (Wildman–Crippen MR) is 127 cm³/mol. The Morgan fingerprint density at radius 1 is 0.946 bits per heavy atom. The van der Waals surface area contributed by atoms with Crippen LogP contribution in [-0.2, 0) is 11.0 Å². The van der Waals surface area contributed by atoms with E-state index in [1.165, 1.54) is 29.2 Å². The van der Waals surface area contributed by atoms with E-state index in [1.807, 2.05) is 19.1 Å². The highest BCUT2D eigenvalue weighted by Crippen LogP contribution is 2.41. The molecule has 0 spiro atoms. The van der Waals surface area contributed by atoms with Gasteiger partial charge in [0.15, 0.2) is 0 Å². The maximum absolute atomic E-state index is 13.5. The highest BCUT2D eigenvalue weighted by atomic mass is 35.5. The molecule has 0 saturated carbocycles. The van der Waals surface area contributed by atoms with Crippen LogP contribution < -0.4 is 9.64 Å². The van der Waals surface area contributed by atoms with E-state index in [-0.39, 0.29) is 11.6 Å². The first-order valence-electron chi connectivity index (χ1n) is 11.1. The Morgan fingerprint density at radius 3 is 2.19 bits per heavy atom. The number of carbonyl (C=O) groups is 1. The zero-order valence-electron chi connectivity index (χ0n) is 19.3. The van der Waals surface area contributed by atoms with E-state index in [2.05, 4.69) is 4.74 Å². The molecule has 0 aromatic heterocycles. The fourth-order valence-corrected chi connectivity index (χ4v) is 4.37. The maximum Gasteiger partial charge on any atom is 0.573 e. The molecule has 0 unspecified atom stereocenters. The first kappa shape index (κ1) is 26.6. The van der Waals surface area contributed by atoms with Crippen LogP contribution in [0.15, 0.2) is 84.4 Å². The molecule has 3 aromatic rings. The Kier molecular flexibility index (Phi) is 7.28. The zero-order chi connectivity index (χ0) is 27.0. The third kappa shape index (κ3) is 6.28. The lowest BCUT2D eigenvalue weighted by atomic mass is 9.93. The van der Waals surface area contributed by atoms with Crippen molar-refractivity contribution >= 4 is 23.2 Å². The third-order valence-corrected chi connectivity index (χ3v) is 6.25. The largest absolute Gasteiger partial charge is 0.573 e. The van der Waals surface area contributed by atoms with Gasteiger partial charge in [-0.15, -0.1) is 13.2 Å². The second-order valence-electron chi connectivity index (χ2n) is 8.63. The van der Waals surface area contributed by atoms with Gasteiger partial charge in [0, 0.05) is 16.3 Å². The van der Waals surface area contributed by atoms with Crippen molar-refractivity contribution in [3.8, 4) is 5.75 Å². The van der Waals surface area contributed by atoms with E-state index in [4.69, 9.17) is 11.6 Å². The molecule has 0 fully saturated rings. The molecule has 37 heavy (non-hydrogen) atoms. The molecule has 2 atom stereocenters. The fraction of sp³-hybridized carbons (Fsp3) is 0.222. The first-order chi connectivity index (χ1) is 17.3. The molecule has 3 aromatic carbocycles. The zero-order valence-corrected chi connectivity index (χ0v) is 20.0. The normalized spacial score (nSPS) is 17.1. The van der Waals surface area contributed by atoms with Crippen LogP contribution in [-0.4, -0.2) is 12.3 Å². The van der Waals surface area contributed by atoms with E-state index in [0.29, 0.717) is 22.6 Å². The smallest absolute Gasteiger partial charge is 0.406 e. The number of ether oxygens (including phenoxy) is 1. The highest BCUT2D eigenvalue weighted by molar-refractivity contribution is 6.30. The second-order valence-corrected chi connectivity index (χ2v) is 9.07. The fourth-order valence-electron chi connectivity index (χ4n) is 4.24. The van der Waals surface area contributed by atoms with Crippen LogP contribution in [0.5, 0.6) is 5.75 Å². The molecule has 194 valence electrons. The lowest BCUT2D eigenvalue weighted by Crippen LogP contribution is -2.30. The summed E-state index contributed by atoms with van der Waals surface area (Å²) < 4.78 is 81.6. The van der Waals surface area contributed by atoms with Crippen LogP contribution in [0.3, 0.4) is 0 Å². The molecule has 1 heterocycles. The van der Waals surface area contributed by atoms with Gasteiger partial charge in [-0.3, -0.25) is 9.69 Å². The minimum absolute atomic E-state index is 0.111. The van der Waals surface area contributed by atoms with Crippen molar-refractivity contribution in [1.29, 1.82) is 0 Å². The van der Waals surface area contributed by atoms with Crippen LogP contribution >= 0.6 is 11.6 Å². The quantitative estimate of drug-likeness (QED) is 0.294. The number of alkyl halides is 6. The van der Waals surface area contributed by atoms with Crippen LogP contribution in [0.25, 0.3) is 0 Å². The molecule has 0 aliphatic carbocycles. The number of amides is 1. The summed E-state index contributed by atoms with van der Waals surface area (Å²) in [5.41, 5.74) is 0.905. The van der Waals surface area contributed by atoms with Crippen LogP contribution in [0, 0.1) is 0 Å². The summed E-state index contributed by atoms with van der Waals surface area (Å²) in [5, 5.41) is 0.557. The number of nitrogens with zero attached hydrogens (tertiary/aromatic N) is 1. The van der Waals surface area contributed by atoms with E-state index in [0.717, 1.165) is 29.8 Å². The van der Waals surface area contributed by atoms with Gasteiger partial charge in [-0.05, 0) is 78.1 Å². The Balaban J connectivity index is 1.70. The van der Waals surface area contributed by atoms with Crippen LogP contribution in [0.4, 0.5) is 32.0 Å². The summed E-state index contributed by atoms with van der Waals surface area (Å²) in [7, 11) is 0. The van der Waals surface area contributed by atoms with Crippen molar-refractivity contribution < 1.29 is 35.9 Å². The number of carbonyl (C=O) groups excluding carboxylic acids is 1. The summed E-state index contributed by atoms with van der Waals surface area (Å²) in [6, 6.07) is 15.5. The van der Waals surface area contributed by atoms with Crippen molar-refractivity contribution in [2.45, 2.75) is 37.8 Å². The molecule has 1 aliphatic rings. The number of hydrogen-bond donors (Lipinski definition) is 0. The Hall–Kier alpha value is -3.46. The van der Waals surface area contributed by atoms with Gasteiger partial charge >= 0.3 is 12.5 Å². The molecule has 0 saturated heterocycles. The van der Waals surface area contributed by atoms with Crippen molar-refractivity contribution in [1.82, 2.24) is 0 Å². The van der Waals surface area contributed by atoms with Gasteiger partial charge in [-0.2, -0.15) is 13.2 Å². The SMILES string of the molecule is C[C@@H](CC1=C[C@H](c2cccc(OC(F)(F)F)c2)N(c2ccc(C(F)(F)F)cc2)C1=O)c1ccc(Cl)cc1. The number of rotatable bonds is 6. The summed E-state index contributed by atoms with van der Waals surface area (Å²) in [4.78, 5) is 14.8. The highest BCUT2D eigenvalue weighted by Gasteiger charge is 2.37. The Labute approximate surface area is 213 Å². The summed E-state index contributed by atoms with van der Waals surface area (Å²) in [5.74, 6) is -1.03. The molecule has 4 rings (SSSR count). The predicted octanol–water partition coefficient (Wildman–Crippen LogP) is 8.47.